The number of carbonyl (C=O) groups excluding carboxylic acids is 1. The summed E-state index contributed by atoms with van der Waals surface area (Å²) in [4.78, 5) is 11.9. The van der Waals surface area contributed by atoms with Crippen molar-refractivity contribution in [1.82, 2.24) is 15.1 Å². The number of amides is 2. The van der Waals surface area contributed by atoms with Crippen LogP contribution in [0.2, 0.25) is 0 Å². The van der Waals surface area contributed by atoms with Crippen LogP contribution in [-0.4, -0.2) is 29.0 Å². The summed E-state index contributed by atoms with van der Waals surface area (Å²) >= 11 is 0. The average Bonchev–Trinajstić information content (AvgIpc) is 3.16. The van der Waals surface area contributed by atoms with E-state index in [-0.39, 0.29) is 12.3 Å². The maximum Gasteiger partial charge on any atom is 0.320 e. The quantitative estimate of drug-likeness (QED) is 0.905. The average molecular weight is 316 g/mol. The van der Waals surface area contributed by atoms with Crippen LogP contribution in [-0.2, 0) is 23.1 Å². The lowest BCUT2D eigenvalue weighted by Gasteiger charge is -2.11. The molecule has 7 nitrogen and oxygen atoms in total. The third-order valence-electron chi connectivity index (χ3n) is 3.57. The first kappa shape index (κ1) is 15.5. The van der Waals surface area contributed by atoms with Gasteiger partial charge in [-0.05, 0) is 12.5 Å². The van der Waals surface area contributed by atoms with Crippen molar-refractivity contribution in [1.29, 1.82) is 0 Å². The maximum absolute atomic E-state index is 11.9. The standard InChI is InChI=1S/C16H20N4O3/c1-11-9-14(20(2)19-11)18-16(21)17-10-12-3-5-13(6-4-12)15-22-7-8-23-15/h3-6,9,15H,7-8,10H2,1-2H3,(H2,17,18,21). The summed E-state index contributed by atoms with van der Waals surface area (Å²) in [6, 6.07) is 9.37. The number of urea groups is 1. The molecule has 1 aromatic carbocycles. The Hall–Kier alpha value is -2.38. The Kier molecular flexibility index (Phi) is 4.59. The SMILES string of the molecule is Cc1cc(NC(=O)NCc2ccc(C3OCCO3)cc2)n(C)n1. The van der Waals surface area contributed by atoms with Crippen molar-refractivity contribution in [2.75, 3.05) is 18.5 Å². The van der Waals surface area contributed by atoms with Crippen molar-refractivity contribution >= 4 is 11.8 Å². The molecular formula is C16H20N4O3. The van der Waals surface area contributed by atoms with Crippen molar-refractivity contribution in [3.05, 3.63) is 47.2 Å². The summed E-state index contributed by atoms with van der Waals surface area (Å²) in [7, 11) is 1.79. The van der Waals surface area contributed by atoms with Crippen LogP contribution in [0.15, 0.2) is 30.3 Å². The van der Waals surface area contributed by atoms with Gasteiger partial charge < -0.3 is 14.8 Å². The van der Waals surface area contributed by atoms with Crippen LogP contribution in [0.1, 0.15) is 23.1 Å². The first-order chi connectivity index (χ1) is 11.1. The normalized spacial score (nSPS) is 14.9. The lowest BCUT2D eigenvalue weighted by Crippen LogP contribution is -2.29. The summed E-state index contributed by atoms with van der Waals surface area (Å²) in [5, 5.41) is 9.77. The van der Waals surface area contributed by atoms with Gasteiger partial charge in [0, 0.05) is 25.2 Å². The van der Waals surface area contributed by atoms with Gasteiger partial charge in [-0.3, -0.25) is 10.00 Å². The van der Waals surface area contributed by atoms with Crippen LogP contribution >= 0.6 is 0 Å². The number of hydrogen-bond donors (Lipinski definition) is 2. The summed E-state index contributed by atoms with van der Waals surface area (Å²) in [5.74, 6) is 0.658. The second-order valence-electron chi connectivity index (χ2n) is 5.42. The summed E-state index contributed by atoms with van der Waals surface area (Å²) in [6.07, 6.45) is -0.270. The number of aryl methyl sites for hydroxylation is 2. The number of ether oxygens (including phenoxy) is 2. The van der Waals surface area contributed by atoms with E-state index in [1.807, 2.05) is 37.3 Å². The highest BCUT2D eigenvalue weighted by molar-refractivity contribution is 5.88. The summed E-state index contributed by atoms with van der Waals surface area (Å²) in [6.45, 7) is 3.57. The molecule has 2 heterocycles. The number of aromatic nitrogens is 2. The molecule has 0 atom stereocenters. The third-order valence-corrected chi connectivity index (χ3v) is 3.57. The van der Waals surface area contributed by atoms with Crippen LogP contribution in [0, 0.1) is 6.92 Å². The molecule has 1 fully saturated rings. The number of benzene rings is 1. The summed E-state index contributed by atoms with van der Waals surface area (Å²) < 4.78 is 12.5. The number of rotatable bonds is 4. The van der Waals surface area contributed by atoms with E-state index in [4.69, 9.17) is 9.47 Å². The smallest absolute Gasteiger partial charge is 0.320 e. The maximum atomic E-state index is 11.9. The van der Waals surface area contributed by atoms with E-state index in [0.717, 1.165) is 16.8 Å². The second kappa shape index (κ2) is 6.80. The first-order valence-corrected chi connectivity index (χ1v) is 7.49. The fraction of sp³-hybridized carbons (Fsp3) is 0.375. The van der Waals surface area contributed by atoms with Crippen LogP contribution in [0.3, 0.4) is 0 Å². The molecule has 2 N–H and O–H groups in total. The molecular weight excluding hydrogens is 296 g/mol. The molecule has 122 valence electrons. The predicted octanol–water partition coefficient (Wildman–Crippen LogP) is 2.10. The Balaban J connectivity index is 1.51. The zero-order valence-corrected chi connectivity index (χ0v) is 13.2. The first-order valence-electron chi connectivity index (χ1n) is 7.49. The van der Waals surface area contributed by atoms with Crippen molar-refractivity contribution in [2.45, 2.75) is 19.8 Å². The molecule has 0 saturated carbocycles. The highest BCUT2D eigenvalue weighted by Gasteiger charge is 2.17. The Labute approximate surface area is 134 Å². The van der Waals surface area contributed by atoms with E-state index in [0.29, 0.717) is 25.6 Å². The molecule has 2 amide bonds. The van der Waals surface area contributed by atoms with E-state index in [1.54, 1.807) is 11.7 Å². The Morgan fingerprint density at radius 2 is 2.00 bits per heavy atom. The predicted molar refractivity (Wildman–Crippen MR) is 84.9 cm³/mol. The molecule has 0 radical (unpaired) electrons. The molecule has 0 spiro atoms. The minimum absolute atomic E-state index is 0.264. The summed E-state index contributed by atoms with van der Waals surface area (Å²) in [5.41, 5.74) is 2.85. The van der Waals surface area contributed by atoms with Crippen LogP contribution in [0.4, 0.5) is 10.6 Å². The van der Waals surface area contributed by atoms with Gasteiger partial charge in [0.05, 0.1) is 18.9 Å². The van der Waals surface area contributed by atoms with Crippen LogP contribution < -0.4 is 10.6 Å². The Morgan fingerprint density at radius 3 is 2.61 bits per heavy atom. The van der Waals surface area contributed by atoms with Gasteiger partial charge in [-0.2, -0.15) is 5.10 Å². The number of nitrogens with one attached hydrogen (secondary N) is 2. The zero-order valence-electron chi connectivity index (χ0n) is 13.2. The zero-order chi connectivity index (χ0) is 16.2. The lowest BCUT2D eigenvalue weighted by molar-refractivity contribution is -0.0441. The fourth-order valence-electron chi connectivity index (χ4n) is 2.41. The largest absolute Gasteiger partial charge is 0.346 e. The molecule has 0 unspecified atom stereocenters. The van der Waals surface area contributed by atoms with Crippen LogP contribution in [0.5, 0.6) is 0 Å². The van der Waals surface area contributed by atoms with Gasteiger partial charge in [0.2, 0.25) is 0 Å². The van der Waals surface area contributed by atoms with Crippen molar-refractivity contribution in [2.24, 2.45) is 7.05 Å². The number of carbonyl (C=O) groups is 1. The van der Waals surface area contributed by atoms with Crippen molar-refractivity contribution in [3.63, 3.8) is 0 Å². The lowest BCUT2D eigenvalue weighted by atomic mass is 10.1. The Bertz CT molecular complexity index is 675. The molecule has 2 aromatic rings. The molecule has 1 saturated heterocycles. The van der Waals surface area contributed by atoms with Crippen molar-refractivity contribution in [3.8, 4) is 0 Å². The van der Waals surface area contributed by atoms with Gasteiger partial charge in [-0.1, -0.05) is 24.3 Å². The highest BCUT2D eigenvalue weighted by Crippen LogP contribution is 2.23. The molecule has 23 heavy (non-hydrogen) atoms. The van der Waals surface area contributed by atoms with Gasteiger partial charge in [-0.15, -0.1) is 0 Å². The molecule has 3 rings (SSSR count). The van der Waals surface area contributed by atoms with Crippen molar-refractivity contribution < 1.29 is 14.3 Å². The van der Waals surface area contributed by atoms with Crippen LogP contribution in [0.25, 0.3) is 0 Å². The van der Waals surface area contributed by atoms with E-state index in [9.17, 15) is 4.79 Å². The van der Waals surface area contributed by atoms with Gasteiger partial charge >= 0.3 is 6.03 Å². The topological polar surface area (TPSA) is 77.4 Å². The number of anilines is 1. The highest BCUT2D eigenvalue weighted by atomic mass is 16.7. The minimum atomic E-state index is -0.270. The fourth-order valence-corrected chi connectivity index (χ4v) is 2.41. The molecule has 0 aliphatic carbocycles. The minimum Gasteiger partial charge on any atom is -0.346 e. The van der Waals surface area contributed by atoms with E-state index >= 15 is 0 Å². The number of nitrogens with zero attached hydrogens (tertiary/aromatic N) is 2. The molecule has 1 aliphatic heterocycles. The second-order valence-corrected chi connectivity index (χ2v) is 5.42. The number of hydrogen-bond acceptors (Lipinski definition) is 4. The monoisotopic (exact) mass is 316 g/mol. The van der Waals surface area contributed by atoms with E-state index in [2.05, 4.69) is 15.7 Å². The van der Waals surface area contributed by atoms with Gasteiger partial charge in [0.15, 0.2) is 6.29 Å². The molecule has 1 aliphatic rings. The van der Waals surface area contributed by atoms with E-state index in [1.165, 1.54) is 0 Å². The molecule has 0 bridgehead atoms. The van der Waals surface area contributed by atoms with E-state index < -0.39 is 0 Å². The van der Waals surface area contributed by atoms with Gasteiger partial charge in [0.25, 0.3) is 0 Å². The Morgan fingerprint density at radius 1 is 1.30 bits per heavy atom. The van der Waals surface area contributed by atoms with Gasteiger partial charge in [-0.25, -0.2) is 4.79 Å². The third kappa shape index (κ3) is 3.88. The molecule has 1 aromatic heterocycles. The van der Waals surface area contributed by atoms with Gasteiger partial charge in [0.1, 0.15) is 5.82 Å². The molecule has 7 heteroatoms.